The second kappa shape index (κ2) is 7.99. The molecule has 2 heterocycles. The Hall–Kier alpha value is -2.91. The number of nitrogens with one attached hydrogen (secondary N) is 1. The van der Waals surface area contributed by atoms with Gasteiger partial charge in [0.25, 0.3) is 0 Å². The lowest BCUT2D eigenvalue weighted by molar-refractivity contribution is -0.141. The van der Waals surface area contributed by atoms with Gasteiger partial charge in [-0.1, -0.05) is 25.7 Å². The van der Waals surface area contributed by atoms with Crippen LogP contribution in [-0.4, -0.2) is 31.5 Å². The minimum absolute atomic E-state index is 0.0371. The number of aromatic carboxylic acids is 1. The molecular weight excluding hydrogens is 377 g/mol. The molecule has 2 N–H and O–H groups in total. The summed E-state index contributed by atoms with van der Waals surface area (Å²) in [5.41, 5.74) is -1.09. The number of nitrogens with zero attached hydrogens (tertiary/aromatic N) is 3. The Morgan fingerprint density at radius 1 is 1.25 bits per heavy atom. The molecule has 0 aromatic carbocycles. The SMILES string of the molecule is O=C(O)c1ccc(NC(=O)[C@H](CC2CCCC2)n2cnc(C(F)(F)F)c2)nc1. The lowest BCUT2D eigenvalue weighted by Gasteiger charge is -2.21. The largest absolute Gasteiger partial charge is 0.478 e. The molecule has 10 heteroatoms. The molecule has 0 radical (unpaired) electrons. The van der Waals surface area contributed by atoms with Crippen LogP contribution in [0.2, 0.25) is 0 Å². The maximum atomic E-state index is 12.9. The summed E-state index contributed by atoms with van der Waals surface area (Å²) in [6, 6.07) is 1.76. The highest BCUT2D eigenvalue weighted by atomic mass is 19.4. The van der Waals surface area contributed by atoms with Crippen molar-refractivity contribution in [2.24, 2.45) is 5.92 Å². The predicted octanol–water partition coefficient (Wildman–Crippen LogP) is 3.76. The van der Waals surface area contributed by atoms with Crippen LogP contribution in [0.25, 0.3) is 0 Å². The van der Waals surface area contributed by atoms with E-state index >= 15 is 0 Å². The van der Waals surface area contributed by atoms with Gasteiger partial charge in [0.2, 0.25) is 5.91 Å². The van der Waals surface area contributed by atoms with Gasteiger partial charge in [-0.15, -0.1) is 0 Å². The van der Waals surface area contributed by atoms with Gasteiger partial charge in [-0.25, -0.2) is 14.8 Å². The second-order valence-electron chi connectivity index (χ2n) is 6.83. The topological polar surface area (TPSA) is 97.1 Å². The van der Waals surface area contributed by atoms with Gasteiger partial charge in [0.1, 0.15) is 11.9 Å². The second-order valence-corrected chi connectivity index (χ2v) is 6.83. The number of pyridine rings is 1. The van der Waals surface area contributed by atoms with Crippen molar-refractivity contribution in [3.63, 3.8) is 0 Å². The number of rotatable bonds is 6. The van der Waals surface area contributed by atoms with Crippen molar-refractivity contribution in [3.8, 4) is 0 Å². The first kappa shape index (κ1) is 19.8. The summed E-state index contributed by atoms with van der Waals surface area (Å²) in [7, 11) is 0. The normalized spacial score (nSPS) is 16.1. The number of amides is 1. The first-order valence-corrected chi connectivity index (χ1v) is 8.85. The summed E-state index contributed by atoms with van der Waals surface area (Å²) in [6.07, 6.45) is 2.68. The number of anilines is 1. The maximum Gasteiger partial charge on any atom is 0.434 e. The van der Waals surface area contributed by atoms with Crippen LogP contribution >= 0.6 is 0 Å². The lowest BCUT2D eigenvalue weighted by Crippen LogP contribution is -2.27. The summed E-state index contributed by atoms with van der Waals surface area (Å²) in [4.78, 5) is 30.9. The summed E-state index contributed by atoms with van der Waals surface area (Å²) in [5.74, 6) is -1.30. The van der Waals surface area contributed by atoms with Gasteiger partial charge in [0, 0.05) is 12.4 Å². The fraction of sp³-hybridized carbons (Fsp3) is 0.444. The van der Waals surface area contributed by atoms with Gasteiger partial charge >= 0.3 is 12.1 Å². The number of alkyl halides is 3. The zero-order chi connectivity index (χ0) is 20.3. The van der Waals surface area contributed by atoms with Gasteiger partial charge in [-0.2, -0.15) is 13.2 Å². The van der Waals surface area contributed by atoms with Crippen molar-refractivity contribution in [1.29, 1.82) is 0 Å². The minimum Gasteiger partial charge on any atom is -0.478 e. The van der Waals surface area contributed by atoms with Crippen molar-refractivity contribution in [2.75, 3.05) is 5.32 Å². The fourth-order valence-corrected chi connectivity index (χ4v) is 3.38. The number of carbonyl (C=O) groups is 2. The van der Waals surface area contributed by atoms with Crippen LogP contribution in [0, 0.1) is 5.92 Å². The number of hydrogen-bond donors (Lipinski definition) is 2. The van der Waals surface area contributed by atoms with E-state index in [1.54, 1.807) is 0 Å². The van der Waals surface area contributed by atoms with Crippen LogP contribution in [0.1, 0.15) is 54.2 Å². The van der Waals surface area contributed by atoms with Crippen molar-refractivity contribution in [1.82, 2.24) is 14.5 Å². The van der Waals surface area contributed by atoms with Crippen molar-refractivity contribution < 1.29 is 27.9 Å². The molecule has 1 aliphatic rings. The number of carbonyl (C=O) groups excluding carboxylic acids is 1. The molecule has 1 aliphatic carbocycles. The van der Waals surface area contributed by atoms with E-state index in [2.05, 4.69) is 15.3 Å². The third-order valence-electron chi connectivity index (χ3n) is 4.85. The Kier molecular flexibility index (Phi) is 5.66. The number of imidazole rings is 1. The van der Waals surface area contributed by atoms with E-state index in [0.717, 1.165) is 44.4 Å². The molecule has 0 aliphatic heterocycles. The summed E-state index contributed by atoms with van der Waals surface area (Å²) in [5, 5.41) is 11.4. The number of halogens is 3. The molecule has 0 bridgehead atoms. The number of hydrogen-bond acceptors (Lipinski definition) is 4. The number of aromatic nitrogens is 3. The van der Waals surface area contributed by atoms with Crippen LogP contribution in [0.4, 0.5) is 19.0 Å². The third kappa shape index (κ3) is 4.68. The number of carboxylic acid groups (broad SMARTS) is 1. The van der Waals surface area contributed by atoms with E-state index in [9.17, 15) is 22.8 Å². The van der Waals surface area contributed by atoms with Gasteiger partial charge in [0.15, 0.2) is 5.69 Å². The molecule has 0 saturated heterocycles. The van der Waals surface area contributed by atoms with E-state index < -0.39 is 29.8 Å². The average molecular weight is 396 g/mol. The van der Waals surface area contributed by atoms with Crippen LogP contribution in [0.5, 0.6) is 0 Å². The van der Waals surface area contributed by atoms with Crippen molar-refractivity contribution >= 4 is 17.7 Å². The van der Waals surface area contributed by atoms with E-state index in [4.69, 9.17) is 5.11 Å². The molecule has 28 heavy (non-hydrogen) atoms. The zero-order valence-electron chi connectivity index (χ0n) is 14.8. The molecular formula is C18H19F3N4O3. The summed E-state index contributed by atoms with van der Waals surface area (Å²) < 4.78 is 39.8. The molecule has 150 valence electrons. The molecule has 2 aromatic rings. The highest BCUT2D eigenvalue weighted by molar-refractivity contribution is 5.93. The highest BCUT2D eigenvalue weighted by Crippen LogP contribution is 2.34. The molecule has 0 unspecified atom stereocenters. The maximum absolute atomic E-state index is 12.9. The van der Waals surface area contributed by atoms with Crippen LogP contribution < -0.4 is 5.32 Å². The lowest BCUT2D eigenvalue weighted by atomic mass is 9.97. The number of carboxylic acids is 1. The van der Waals surface area contributed by atoms with Gasteiger partial charge in [-0.05, 0) is 24.5 Å². The Morgan fingerprint density at radius 3 is 2.50 bits per heavy atom. The molecule has 2 aromatic heterocycles. The van der Waals surface area contributed by atoms with E-state index in [1.165, 1.54) is 16.7 Å². The third-order valence-corrected chi connectivity index (χ3v) is 4.85. The fourth-order valence-electron chi connectivity index (χ4n) is 3.38. The molecule has 1 amide bonds. The molecule has 0 spiro atoms. The van der Waals surface area contributed by atoms with Crippen LogP contribution in [-0.2, 0) is 11.0 Å². The smallest absolute Gasteiger partial charge is 0.434 e. The van der Waals surface area contributed by atoms with Crippen LogP contribution in [0.3, 0.4) is 0 Å². The van der Waals surface area contributed by atoms with Gasteiger partial charge in [0.05, 0.1) is 11.9 Å². The minimum atomic E-state index is -4.59. The summed E-state index contributed by atoms with van der Waals surface area (Å²) >= 11 is 0. The van der Waals surface area contributed by atoms with Crippen molar-refractivity contribution in [2.45, 2.75) is 44.3 Å². The van der Waals surface area contributed by atoms with Gasteiger partial charge < -0.3 is 15.0 Å². The van der Waals surface area contributed by atoms with Crippen LogP contribution in [0.15, 0.2) is 30.9 Å². The Balaban J connectivity index is 1.80. The molecule has 1 atom stereocenters. The first-order chi connectivity index (χ1) is 13.2. The monoisotopic (exact) mass is 396 g/mol. The van der Waals surface area contributed by atoms with Crippen molar-refractivity contribution in [3.05, 3.63) is 42.1 Å². The molecule has 3 rings (SSSR count). The average Bonchev–Trinajstić information content (AvgIpc) is 3.31. The standard InChI is InChI=1S/C18H19F3N4O3/c19-18(20,21)14-9-25(10-23-14)13(7-11-3-1-2-4-11)16(26)24-15-6-5-12(8-22-15)17(27)28/h5-6,8-11,13H,1-4,7H2,(H,27,28)(H,22,24,26)/t13-/m0/s1. The predicted molar refractivity (Wildman–Crippen MR) is 92.7 cm³/mol. The Morgan fingerprint density at radius 2 is 1.96 bits per heavy atom. The summed E-state index contributed by atoms with van der Waals surface area (Å²) in [6.45, 7) is 0. The first-order valence-electron chi connectivity index (χ1n) is 8.85. The molecule has 7 nitrogen and oxygen atoms in total. The Bertz CT molecular complexity index is 843. The van der Waals surface area contributed by atoms with E-state index in [0.29, 0.717) is 6.42 Å². The quantitative estimate of drug-likeness (QED) is 0.775. The van der Waals surface area contributed by atoms with Gasteiger partial charge in [-0.3, -0.25) is 4.79 Å². The Labute approximate surface area is 158 Å². The molecule has 1 saturated carbocycles. The highest BCUT2D eigenvalue weighted by Gasteiger charge is 2.35. The van der Waals surface area contributed by atoms with E-state index in [1.807, 2.05) is 0 Å². The molecule has 1 fully saturated rings. The van der Waals surface area contributed by atoms with E-state index in [-0.39, 0.29) is 17.3 Å². The zero-order valence-corrected chi connectivity index (χ0v) is 14.8.